The first-order valence-electron chi connectivity index (χ1n) is 7.07. The predicted octanol–water partition coefficient (Wildman–Crippen LogP) is 1.19. The lowest BCUT2D eigenvalue weighted by atomic mass is 10.0. The van der Waals surface area contributed by atoms with Crippen molar-refractivity contribution in [1.29, 1.82) is 0 Å². The fourth-order valence-corrected chi connectivity index (χ4v) is 3.80. The Labute approximate surface area is 121 Å². The number of hydrogen-bond donors (Lipinski definition) is 2. The Kier molecular flexibility index (Phi) is 5.15. The second-order valence-corrected chi connectivity index (χ2v) is 6.85. The highest BCUT2D eigenvalue weighted by Gasteiger charge is 2.26. The quantitative estimate of drug-likeness (QED) is 0.858. The summed E-state index contributed by atoms with van der Waals surface area (Å²) in [4.78, 5) is 0. The SMILES string of the molecule is CCC(NS(=O)(=O)N1CCNCC1)c1ccc(C)cc1. The lowest BCUT2D eigenvalue weighted by molar-refractivity contribution is 0.350. The lowest BCUT2D eigenvalue weighted by Crippen LogP contribution is -2.51. The third kappa shape index (κ3) is 3.79. The number of nitrogens with one attached hydrogen (secondary N) is 2. The maximum atomic E-state index is 12.4. The molecule has 2 rings (SSSR count). The summed E-state index contributed by atoms with van der Waals surface area (Å²) in [7, 11) is -3.41. The van der Waals surface area contributed by atoms with Gasteiger partial charge < -0.3 is 5.32 Å². The van der Waals surface area contributed by atoms with Crippen molar-refractivity contribution in [3.8, 4) is 0 Å². The van der Waals surface area contributed by atoms with E-state index in [4.69, 9.17) is 0 Å². The number of piperazine rings is 1. The van der Waals surface area contributed by atoms with Gasteiger partial charge >= 0.3 is 0 Å². The molecule has 20 heavy (non-hydrogen) atoms. The van der Waals surface area contributed by atoms with Gasteiger partial charge in [-0.1, -0.05) is 36.8 Å². The maximum Gasteiger partial charge on any atom is 0.280 e. The Morgan fingerprint density at radius 1 is 1.25 bits per heavy atom. The van der Waals surface area contributed by atoms with Crippen molar-refractivity contribution in [3.63, 3.8) is 0 Å². The zero-order chi connectivity index (χ0) is 14.6. The average molecular weight is 297 g/mol. The predicted molar refractivity (Wildman–Crippen MR) is 80.7 cm³/mol. The van der Waals surface area contributed by atoms with Gasteiger partial charge in [-0.25, -0.2) is 0 Å². The van der Waals surface area contributed by atoms with Crippen LogP contribution in [0.1, 0.15) is 30.5 Å². The Morgan fingerprint density at radius 2 is 1.85 bits per heavy atom. The molecule has 1 atom stereocenters. The fraction of sp³-hybridized carbons (Fsp3) is 0.571. The Bertz CT molecular complexity index is 522. The first-order chi connectivity index (χ1) is 9.53. The van der Waals surface area contributed by atoms with Crippen LogP contribution in [0.2, 0.25) is 0 Å². The molecule has 1 saturated heterocycles. The van der Waals surface area contributed by atoms with Crippen LogP contribution in [-0.2, 0) is 10.2 Å². The summed E-state index contributed by atoms with van der Waals surface area (Å²) in [6.45, 7) is 6.49. The van der Waals surface area contributed by atoms with E-state index in [0.717, 1.165) is 12.0 Å². The van der Waals surface area contributed by atoms with E-state index in [-0.39, 0.29) is 6.04 Å². The van der Waals surface area contributed by atoms with Crippen LogP contribution >= 0.6 is 0 Å². The molecule has 1 heterocycles. The molecule has 1 fully saturated rings. The molecule has 0 bridgehead atoms. The monoisotopic (exact) mass is 297 g/mol. The van der Waals surface area contributed by atoms with Gasteiger partial charge in [-0.2, -0.15) is 17.4 Å². The number of hydrogen-bond acceptors (Lipinski definition) is 3. The van der Waals surface area contributed by atoms with Crippen LogP contribution in [0.25, 0.3) is 0 Å². The number of aryl methyl sites for hydroxylation is 1. The van der Waals surface area contributed by atoms with Crippen molar-refractivity contribution < 1.29 is 8.42 Å². The smallest absolute Gasteiger partial charge is 0.280 e. The maximum absolute atomic E-state index is 12.4. The van der Waals surface area contributed by atoms with E-state index < -0.39 is 10.2 Å². The second-order valence-electron chi connectivity index (χ2n) is 5.14. The van der Waals surface area contributed by atoms with Crippen LogP contribution in [0.3, 0.4) is 0 Å². The third-order valence-electron chi connectivity index (χ3n) is 3.60. The van der Waals surface area contributed by atoms with Crippen molar-refractivity contribution in [2.45, 2.75) is 26.3 Å². The Morgan fingerprint density at radius 3 is 2.40 bits per heavy atom. The van der Waals surface area contributed by atoms with E-state index in [1.807, 2.05) is 38.1 Å². The summed E-state index contributed by atoms with van der Waals surface area (Å²) in [5.41, 5.74) is 2.19. The minimum Gasteiger partial charge on any atom is -0.314 e. The summed E-state index contributed by atoms with van der Waals surface area (Å²) >= 11 is 0. The molecule has 1 unspecified atom stereocenters. The van der Waals surface area contributed by atoms with E-state index in [1.165, 1.54) is 9.87 Å². The summed E-state index contributed by atoms with van der Waals surface area (Å²) in [6, 6.07) is 7.83. The van der Waals surface area contributed by atoms with Crippen molar-refractivity contribution in [2.75, 3.05) is 26.2 Å². The van der Waals surface area contributed by atoms with Crippen LogP contribution in [0, 0.1) is 6.92 Å². The second kappa shape index (κ2) is 6.67. The molecule has 0 aliphatic carbocycles. The Balaban J connectivity index is 2.10. The third-order valence-corrected chi connectivity index (χ3v) is 5.22. The van der Waals surface area contributed by atoms with Gasteiger partial charge in [0, 0.05) is 32.2 Å². The van der Waals surface area contributed by atoms with Crippen molar-refractivity contribution in [1.82, 2.24) is 14.3 Å². The van der Waals surface area contributed by atoms with Crippen LogP contribution in [0.5, 0.6) is 0 Å². The van der Waals surface area contributed by atoms with Gasteiger partial charge in [-0.05, 0) is 18.9 Å². The van der Waals surface area contributed by atoms with Gasteiger partial charge in [0.05, 0.1) is 0 Å². The largest absolute Gasteiger partial charge is 0.314 e. The van der Waals surface area contributed by atoms with Gasteiger partial charge in [0.1, 0.15) is 0 Å². The Hall–Kier alpha value is -0.950. The van der Waals surface area contributed by atoms with Crippen LogP contribution in [0.4, 0.5) is 0 Å². The highest BCUT2D eigenvalue weighted by Crippen LogP contribution is 2.19. The summed E-state index contributed by atoms with van der Waals surface area (Å²) in [5, 5.41) is 3.16. The lowest BCUT2D eigenvalue weighted by Gasteiger charge is -2.29. The van der Waals surface area contributed by atoms with Gasteiger partial charge in [-0.3, -0.25) is 0 Å². The number of rotatable bonds is 5. The fourth-order valence-electron chi connectivity index (χ4n) is 2.32. The molecule has 0 aromatic heterocycles. The zero-order valence-corrected chi connectivity index (χ0v) is 12.9. The average Bonchev–Trinajstić information content (AvgIpc) is 2.47. The van der Waals surface area contributed by atoms with Crippen LogP contribution in [0.15, 0.2) is 24.3 Å². The summed E-state index contributed by atoms with van der Waals surface area (Å²) < 4.78 is 29.1. The molecule has 1 aliphatic rings. The topological polar surface area (TPSA) is 61.4 Å². The molecule has 1 aliphatic heterocycles. The van der Waals surface area contributed by atoms with E-state index >= 15 is 0 Å². The molecule has 0 radical (unpaired) electrons. The summed E-state index contributed by atoms with van der Waals surface area (Å²) in [6.07, 6.45) is 0.731. The van der Waals surface area contributed by atoms with Crippen molar-refractivity contribution in [3.05, 3.63) is 35.4 Å². The van der Waals surface area contributed by atoms with E-state index in [9.17, 15) is 8.42 Å². The summed E-state index contributed by atoms with van der Waals surface area (Å²) in [5.74, 6) is 0. The van der Waals surface area contributed by atoms with Crippen LogP contribution in [-0.4, -0.2) is 38.9 Å². The molecule has 5 nitrogen and oxygen atoms in total. The highest BCUT2D eigenvalue weighted by molar-refractivity contribution is 7.87. The molecule has 1 aromatic rings. The zero-order valence-electron chi connectivity index (χ0n) is 12.1. The van der Waals surface area contributed by atoms with Gasteiger partial charge in [-0.15, -0.1) is 0 Å². The molecule has 0 saturated carbocycles. The molecule has 1 aromatic carbocycles. The van der Waals surface area contributed by atoms with Crippen molar-refractivity contribution in [2.24, 2.45) is 0 Å². The molecular weight excluding hydrogens is 274 g/mol. The van der Waals surface area contributed by atoms with Crippen molar-refractivity contribution >= 4 is 10.2 Å². The van der Waals surface area contributed by atoms with Gasteiger partial charge in [0.2, 0.25) is 0 Å². The van der Waals surface area contributed by atoms with Gasteiger partial charge in [0.25, 0.3) is 10.2 Å². The molecule has 2 N–H and O–H groups in total. The standard InChI is InChI=1S/C14H23N3O2S/c1-3-14(13-6-4-12(2)5-7-13)16-20(18,19)17-10-8-15-9-11-17/h4-7,14-16H,3,8-11H2,1-2H3. The molecule has 112 valence electrons. The van der Waals surface area contributed by atoms with Gasteiger partial charge in [0.15, 0.2) is 0 Å². The minimum absolute atomic E-state index is 0.171. The molecule has 0 amide bonds. The van der Waals surface area contributed by atoms with E-state index in [1.54, 1.807) is 0 Å². The molecule has 6 heteroatoms. The normalized spacial score (nSPS) is 18.9. The molecular formula is C14H23N3O2S. The highest BCUT2D eigenvalue weighted by atomic mass is 32.2. The first-order valence-corrected chi connectivity index (χ1v) is 8.51. The number of benzene rings is 1. The van der Waals surface area contributed by atoms with E-state index in [0.29, 0.717) is 26.2 Å². The van der Waals surface area contributed by atoms with Crippen LogP contribution < -0.4 is 10.0 Å². The minimum atomic E-state index is -3.41. The first kappa shape index (κ1) is 15.4. The number of nitrogens with zero attached hydrogens (tertiary/aromatic N) is 1. The van der Waals surface area contributed by atoms with E-state index in [2.05, 4.69) is 10.0 Å². The molecule has 0 spiro atoms.